The molecule has 14 nitrogen and oxygen atoms in total. The summed E-state index contributed by atoms with van der Waals surface area (Å²) in [7, 11) is 0. The van der Waals surface area contributed by atoms with Crippen LogP contribution in [0.2, 0.25) is 0 Å². The molecule has 2 aliphatic rings. The zero-order valence-corrected chi connectivity index (χ0v) is 27.0. The Morgan fingerprint density at radius 1 is 1.00 bits per heavy atom. The number of phenols is 1. The molecule has 0 unspecified atom stereocenters. The number of phenolic OH excluding ortho intramolecular Hbond substituents is 1. The second kappa shape index (κ2) is 14.6. The van der Waals surface area contributed by atoms with Crippen molar-refractivity contribution >= 4 is 35.6 Å². The van der Waals surface area contributed by atoms with Crippen LogP contribution in [0.1, 0.15) is 67.9 Å². The summed E-state index contributed by atoms with van der Waals surface area (Å²) in [6, 6.07) is 11.6. The molecule has 1 saturated heterocycles. The second-order valence-corrected chi connectivity index (χ2v) is 11.6. The van der Waals surface area contributed by atoms with Gasteiger partial charge >= 0.3 is 5.97 Å². The highest BCUT2D eigenvalue weighted by molar-refractivity contribution is 6.31. The summed E-state index contributed by atoms with van der Waals surface area (Å²) in [6.07, 6.45) is -3.13. The lowest BCUT2D eigenvalue weighted by molar-refractivity contribution is -0.278. The number of guanidine groups is 1. The molecule has 0 radical (unpaired) electrons. The Kier molecular flexibility index (Phi) is 10.5. The van der Waals surface area contributed by atoms with E-state index in [2.05, 4.69) is 4.99 Å². The average Bonchev–Trinajstić information content (AvgIpc) is 3.06. The third-order valence-electron chi connectivity index (χ3n) is 8.23. The summed E-state index contributed by atoms with van der Waals surface area (Å²) in [5.74, 6) is -3.03. The maximum atomic E-state index is 14.4. The summed E-state index contributed by atoms with van der Waals surface area (Å²) in [5.41, 5.74) is 10.8. The maximum Gasteiger partial charge on any atom is 0.308 e. The SMILES string of the molecule is CC(=O)Oc1cc(CO)c2c(c1/C=C\c1ccccc1)C(=O)c1cc(O[C@H]3O[C@@H](C)[C@@H](O)[C@@H](O)[C@H]3OCCN=C(N)N)c(C)c(O)c1C2=O. The van der Waals surface area contributed by atoms with Crippen LogP contribution in [0.5, 0.6) is 17.2 Å². The van der Waals surface area contributed by atoms with Gasteiger partial charge < -0.3 is 50.8 Å². The van der Waals surface area contributed by atoms with Crippen molar-refractivity contribution < 1.29 is 53.8 Å². The fourth-order valence-corrected chi connectivity index (χ4v) is 5.79. The topological polar surface area (TPSA) is 233 Å². The van der Waals surface area contributed by atoms with E-state index in [1.165, 1.54) is 39.0 Å². The van der Waals surface area contributed by atoms with Gasteiger partial charge in [0.1, 0.15) is 35.6 Å². The van der Waals surface area contributed by atoms with Crippen molar-refractivity contribution in [1.82, 2.24) is 0 Å². The quantitative estimate of drug-likeness (QED) is 0.0350. The van der Waals surface area contributed by atoms with Gasteiger partial charge in [0.05, 0.1) is 31.4 Å². The van der Waals surface area contributed by atoms with E-state index < -0.39 is 60.6 Å². The predicted molar refractivity (Wildman–Crippen MR) is 176 cm³/mol. The van der Waals surface area contributed by atoms with E-state index in [0.717, 1.165) is 5.56 Å². The number of ether oxygens (including phenoxy) is 4. The molecule has 0 bridgehead atoms. The van der Waals surface area contributed by atoms with Crippen LogP contribution in [-0.4, -0.2) is 87.8 Å². The fraction of sp³-hybridized carbons (Fsp3) is 0.314. The number of hydrogen-bond donors (Lipinski definition) is 6. The van der Waals surface area contributed by atoms with E-state index in [1.807, 2.05) is 30.3 Å². The van der Waals surface area contributed by atoms with Crippen LogP contribution in [0.15, 0.2) is 47.5 Å². The molecule has 0 aromatic heterocycles. The highest BCUT2D eigenvalue weighted by Crippen LogP contribution is 2.44. The van der Waals surface area contributed by atoms with Gasteiger partial charge in [-0.05, 0) is 43.2 Å². The number of nitrogens with zero attached hydrogens (tertiary/aromatic N) is 1. The average molecular weight is 676 g/mol. The third kappa shape index (κ3) is 7.04. The summed E-state index contributed by atoms with van der Waals surface area (Å²) in [6.45, 7) is 3.42. The van der Waals surface area contributed by atoms with Crippen molar-refractivity contribution in [3.63, 3.8) is 0 Å². The number of nitrogens with two attached hydrogens (primary N) is 2. The molecular weight excluding hydrogens is 638 g/mol. The highest BCUT2D eigenvalue weighted by Gasteiger charge is 2.46. The maximum absolute atomic E-state index is 14.4. The number of esters is 1. The van der Waals surface area contributed by atoms with E-state index in [9.17, 15) is 34.8 Å². The summed E-state index contributed by atoms with van der Waals surface area (Å²) >= 11 is 0. The lowest BCUT2D eigenvalue weighted by Gasteiger charge is -2.41. The number of aromatic hydroxyl groups is 1. The summed E-state index contributed by atoms with van der Waals surface area (Å²) in [4.78, 5) is 44.4. The summed E-state index contributed by atoms with van der Waals surface area (Å²) < 4.78 is 23.1. The molecule has 0 saturated carbocycles. The Morgan fingerprint density at radius 2 is 1.71 bits per heavy atom. The van der Waals surface area contributed by atoms with Gasteiger partial charge in [-0.3, -0.25) is 19.4 Å². The van der Waals surface area contributed by atoms with Crippen LogP contribution in [0.25, 0.3) is 12.2 Å². The monoisotopic (exact) mass is 675 g/mol. The first-order valence-electron chi connectivity index (χ1n) is 15.4. The van der Waals surface area contributed by atoms with Crippen molar-refractivity contribution in [2.45, 2.75) is 58.1 Å². The number of benzene rings is 3. The molecule has 1 heterocycles. The molecule has 1 aliphatic heterocycles. The number of rotatable bonds is 10. The minimum Gasteiger partial charge on any atom is -0.507 e. The van der Waals surface area contributed by atoms with E-state index in [-0.39, 0.29) is 69.6 Å². The van der Waals surface area contributed by atoms with Crippen molar-refractivity contribution in [2.24, 2.45) is 16.5 Å². The molecule has 5 rings (SSSR count). The normalized spacial score (nSPS) is 21.6. The molecule has 3 aromatic rings. The minimum absolute atomic E-state index is 0.0161. The van der Waals surface area contributed by atoms with Crippen LogP contribution < -0.4 is 20.9 Å². The number of aliphatic hydroxyl groups is 3. The molecule has 3 aromatic carbocycles. The first-order chi connectivity index (χ1) is 23.3. The van der Waals surface area contributed by atoms with E-state index in [1.54, 1.807) is 6.08 Å². The molecule has 0 spiro atoms. The first kappa shape index (κ1) is 35.2. The number of carbonyl (C=O) groups is 3. The number of carbonyl (C=O) groups excluding carboxylic acids is 3. The van der Waals surface area contributed by atoms with Crippen molar-refractivity contribution in [3.8, 4) is 17.2 Å². The van der Waals surface area contributed by atoms with Gasteiger partial charge in [-0.15, -0.1) is 0 Å². The van der Waals surface area contributed by atoms with Gasteiger partial charge in [0.25, 0.3) is 0 Å². The molecule has 1 aliphatic carbocycles. The molecule has 49 heavy (non-hydrogen) atoms. The lowest BCUT2D eigenvalue weighted by Crippen LogP contribution is -2.59. The minimum atomic E-state index is -1.47. The third-order valence-corrected chi connectivity index (χ3v) is 8.23. The Bertz CT molecular complexity index is 1840. The molecule has 8 N–H and O–H groups in total. The highest BCUT2D eigenvalue weighted by atomic mass is 16.7. The summed E-state index contributed by atoms with van der Waals surface area (Å²) in [5, 5.41) is 42.9. The lowest BCUT2D eigenvalue weighted by atomic mass is 9.78. The number of ketones is 2. The van der Waals surface area contributed by atoms with Gasteiger partial charge in [0.15, 0.2) is 17.5 Å². The van der Waals surface area contributed by atoms with Crippen LogP contribution >= 0.6 is 0 Å². The predicted octanol–water partition coefficient (Wildman–Crippen LogP) is 1.57. The first-order valence-corrected chi connectivity index (χ1v) is 15.4. The molecule has 0 amide bonds. The Labute approximate surface area is 281 Å². The number of aliphatic imine (C=N–C) groups is 1. The Morgan fingerprint density at radius 3 is 2.37 bits per heavy atom. The van der Waals surface area contributed by atoms with Gasteiger partial charge in [-0.2, -0.15) is 0 Å². The number of aliphatic hydroxyl groups excluding tert-OH is 3. The van der Waals surface area contributed by atoms with Gasteiger partial charge in [-0.1, -0.05) is 36.4 Å². The van der Waals surface area contributed by atoms with Crippen molar-refractivity contribution in [1.29, 1.82) is 0 Å². The fourth-order valence-electron chi connectivity index (χ4n) is 5.79. The van der Waals surface area contributed by atoms with E-state index in [0.29, 0.717) is 0 Å². The van der Waals surface area contributed by atoms with Crippen LogP contribution in [0.4, 0.5) is 0 Å². The van der Waals surface area contributed by atoms with Gasteiger partial charge in [0.2, 0.25) is 6.29 Å². The van der Waals surface area contributed by atoms with Crippen LogP contribution in [0, 0.1) is 6.92 Å². The molecule has 5 atom stereocenters. The Hall–Kier alpha value is -5.12. The zero-order valence-electron chi connectivity index (χ0n) is 27.0. The zero-order chi connectivity index (χ0) is 35.6. The Balaban J connectivity index is 1.61. The molecular formula is C35H37N3O11. The largest absolute Gasteiger partial charge is 0.507 e. The smallest absolute Gasteiger partial charge is 0.308 e. The van der Waals surface area contributed by atoms with Crippen LogP contribution in [0.3, 0.4) is 0 Å². The van der Waals surface area contributed by atoms with Gasteiger partial charge in [-0.25, -0.2) is 0 Å². The van der Waals surface area contributed by atoms with Crippen molar-refractivity contribution in [3.05, 3.63) is 87.0 Å². The molecule has 1 fully saturated rings. The van der Waals surface area contributed by atoms with Gasteiger partial charge in [0, 0.05) is 34.7 Å². The standard InChI is InChI=1S/C35H37N3O11/c1-16-23(49-34-33(46-12-11-38-35(36)37)32(45)29(42)17(2)47-34)14-22-27(28(16)41)31(44)25-20(15-39)13-24(48-18(3)40)21(26(25)30(22)43)10-9-19-7-5-4-6-8-19/h4-10,13-14,17,29,32-34,39,41-42,45H,11-12,15H2,1-3H3,(H4,36,37,38)/b10-9-/t17-,29+,32+,33+,34+/m0/s1. The van der Waals surface area contributed by atoms with Crippen LogP contribution in [-0.2, 0) is 20.9 Å². The van der Waals surface area contributed by atoms with E-state index >= 15 is 0 Å². The van der Waals surface area contributed by atoms with E-state index in [4.69, 9.17) is 30.4 Å². The second-order valence-electron chi connectivity index (χ2n) is 11.6. The molecule has 258 valence electrons. The molecule has 14 heteroatoms. The number of hydrogen-bond acceptors (Lipinski definition) is 12. The van der Waals surface area contributed by atoms with Crippen molar-refractivity contribution in [2.75, 3.05) is 13.2 Å². The number of fused-ring (bicyclic) bond motifs is 2.